The summed E-state index contributed by atoms with van der Waals surface area (Å²) in [5, 5.41) is 102. The number of ether oxygens (including phenoxy) is 6. The summed E-state index contributed by atoms with van der Waals surface area (Å²) in [5.41, 5.74) is 0.695. The van der Waals surface area contributed by atoms with Crippen molar-refractivity contribution < 1.29 is 79.5 Å². The Morgan fingerprint density at radius 3 is 1.44 bits per heavy atom. The molecule has 0 spiro atoms. The normalized spacial score (nSPS) is 45.5. The third-order valence-electron chi connectivity index (χ3n) is 7.33. The minimum absolute atomic E-state index is 0.0684. The van der Waals surface area contributed by atoms with E-state index in [1.165, 1.54) is 0 Å². The minimum atomic E-state index is -1.87. The Labute approximate surface area is 234 Å². The predicted octanol–water partition coefficient (Wildman–Crippen LogP) is -5.35. The summed E-state index contributed by atoms with van der Waals surface area (Å²) in [4.78, 5) is 0. The van der Waals surface area contributed by atoms with Gasteiger partial charge in [0, 0.05) is 0 Å². The van der Waals surface area contributed by atoms with Gasteiger partial charge >= 0.3 is 0 Å². The molecule has 3 saturated heterocycles. The zero-order valence-electron chi connectivity index (χ0n) is 21.8. The molecule has 0 bridgehead atoms. The van der Waals surface area contributed by atoms with E-state index in [9.17, 15) is 51.1 Å². The van der Waals surface area contributed by atoms with Gasteiger partial charge in [-0.05, 0) is 5.56 Å². The molecule has 3 aliphatic heterocycles. The number of benzene rings is 1. The number of aliphatic hydroxyl groups excluding tert-OH is 10. The van der Waals surface area contributed by atoms with E-state index in [0.717, 1.165) is 0 Å². The second-order valence-corrected chi connectivity index (χ2v) is 10.1. The molecule has 15 atom stereocenters. The van der Waals surface area contributed by atoms with E-state index in [-0.39, 0.29) is 6.61 Å². The van der Waals surface area contributed by atoms with Crippen LogP contribution in [0, 0.1) is 0 Å². The molecular formula is C25H38O16. The van der Waals surface area contributed by atoms with Crippen LogP contribution >= 0.6 is 0 Å². The van der Waals surface area contributed by atoms with Crippen molar-refractivity contribution in [3.05, 3.63) is 35.9 Å². The zero-order valence-corrected chi connectivity index (χ0v) is 21.8. The van der Waals surface area contributed by atoms with E-state index in [4.69, 9.17) is 28.4 Å². The molecule has 234 valence electrons. The third-order valence-corrected chi connectivity index (χ3v) is 7.33. The van der Waals surface area contributed by atoms with E-state index in [2.05, 4.69) is 0 Å². The lowest BCUT2D eigenvalue weighted by Crippen LogP contribution is -2.67. The summed E-state index contributed by atoms with van der Waals surface area (Å²) in [6, 6.07) is 8.79. The molecule has 0 aliphatic carbocycles. The van der Waals surface area contributed by atoms with Crippen molar-refractivity contribution in [2.24, 2.45) is 0 Å². The molecule has 41 heavy (non-hydrogen) atoms. The van der Waals surface area contributed by atoms with Gasteiger partial charge in [-0.1, -0.05) is 30.3 Å². The molecule has 1 aromatic carbocycles. The molecule has 0 saturated carbocycles. The lowest BCUT2D eigenvalue weighted by atomic mass is 9.96. The molecule has 10 N–H and O–H groups in total. The monoisotopic (exact) mass is 594 g/mol. The standard InChI is InChI=1S/C25H38O16/c26-6-11-14(29)17(32)19(34)23(37-11)40-21-16(31)13(8-28)39-25(36-9-10-4-2-1-3-5-10)22(21)41-24-20(35)18(33)15(30)12(7-27)38-24/h1-5,11-35H,6-9H2/t11-,12+,13-,14-,15+,16-,17+,18-,19-,20+,21+,22-,23+,24+,25-/m1/s1. The Hall–Kier alpha value is -1.42. The van der Waals surface area contributed by atoms with Gasteiger partial charge in [-0.25, -0.2) is 0 Å². The van der Waals surface area contributed by atoms with Gasteiger partial charge in [-0.15, -0.1) is 0 Å². The number of aliphatic hydroxyl groups is 10. The number of hydrogen-bond acceptors (Lipinski definition) is 16. The van der Waals surface area contributed by atoms with Crippen LogP contribution in [0.25, 0.3) is 0 Å². The maximum absolute atomic E-state index is 11.1. The first-order valence-electron chi connectivity index (χ1n) is 13.1. The highest BCUT2D eigenvalue weighted by Crippen LogP contribution is 2.34. The molecule has 0 aromatic heterocycles. The second-order valence-electron chi connectivity index (χ2n) is 10.1. The molecule has 0 radical (unpaired) electrons. The maximum atomic E-state index is 11.1. The Morgan fingerprint density at radius 1 is 0.512 bits per heavy atom. The quantitative estimate of drug-likeness (QED) is 0.121. The lowest BCUT2D eigenvalue weighted by molar-refractivity contribution is -0.393. The fourth-order valence-corrected chi connectivity index (χ4v) is 4.90. The van der Waals surface area contributed by atoms with Gasteiger partial charge in [0.25, 0.3) is 0 Å². The van der Waals surface area contributed by atoms with Crippen LogP contribution in [0.3, 0.4) is 0 Å². The highest BCUT2D eigenvalue weighted by Gasteiger charge is 2.54. The van der Waals surface area contributed by atoms with Crippen LogP contribution in [0.2, 0.25) is 0 Å². The largest absolute Gasteiger partial charge is 0.394 e. The topological polar surface area (TPSA) is 258 Å². The fraction of sp³-hybridized carbons (Fsp3) is 0.760. The van der Waals surface area contributed by atoms with E-state index in [1.54, 1.807) is 30.3 Å². The van der Waals surface area contributed by atoms with Crippen molar-refractivity contribution in [3.8, 4) is 0 Å². The van der Waals surface area contributed by atoms with Crippen molar-refractivity contribution >= 4 is 0 Å². The molecule has 4 rings (SSSR count). The van der Waals surface area contributed by atoms with E-state index in [1.807, 2.05) is 0 Å². The lowest BCUT2D eigenvalue weighted by Gasteiger charge is -2.49. The van der Waals surface area contributed by atoms with Crippen molar-refractivity contribution in [3.63, 3.8) is 0 Å². The SMILES string of the molecule is OC[C@@H]1O[C@@H](O[C@H]2[C@H](OCc3ccccc3)O[C@H](CO)[C@@H](O)[C@@H]2O[C@@H]2O[C@H](CO)[C@@H](O)[C@H](O)[C@H]2O)[C@@H](O)[C@H](O)[C@H]1O. The average Bonchev–Trinajstić information content (AvgIpc) is 2.99. The van der Waals surface area contributed by atoms with Crippen LogP contribution in [-0.4, -0.2) is 163 Å². The highest BCUT2D eigenvalue weighted by atomic mass is 16.8. The van der Waals surface area contributed by atoms with Crippen LogP contribution in [0.15, 0.2) is 30.3 Å². The second kappa shape index (κ2) is 14.4. The van der Waals surface area contributed by atoms with E-state index >= 15 is 0 Å². The molecule has 3 aliphatic rings. The Morgan fingerprint density at radius 2 is 0.951 bits per heavy atom. The summed E-state index contributed by atoms with van der Waals surface area (Å²) >= 11 is 0. The molecule has 16 nitrogen and oxygen atoms in total. The smallest absolute Gasteiger partial charge is 0.187 e. The Bertz CT molecular complexity index is 922. The van der Waals surface area contributed by atoms with Crippen molar-refractivity contribution in [2.75, 3.05) is 19.8 Å². The molecular weight excluding hydrogens is 556 g/mol. The van der Waals surface area contributed by atoms with Crippen molar-refractivity contribution in [1.82, 2.24) is 0 Å². The van der Waals surface area contributed by atoms with Crippen molar-refractivity contribution in [2.45, 2.75) is 98.7 Å². The summed E-state index contributed by atoms with van der Waals surface area (Å²) < 4.78 is 34.2. The zero-order chi connectivity index (χ0) is 29.8. The van der Waals surface area contributed by atoms with Gasteiger partial charge in [0.15, 0.2) is 18.9 Å². The van der Waals surface area contributed by atoms with Gasteiger partial charge in [0.05, 0.1) is 26.4 Å². The fourth-order valence-electron chi connectivity index (χ4n) is 4.90. The molecule has 0 unspecified atom stereocenters. The van der Waals surface area contributed by atoms with Gasteiger partial charge in [0.1, 0.15) is 73.2 Å². The highest BCUT2D eigenvalue weighted by molar-refractivity contribution is 5.13. The first-order chi connectivity index (χ1) is 19.6. The molecule has 16 heteroatoms. The maximum Gasteiger partial charge on any atom is 0.187 e. The third kappa shape index (κ3) is 7.05. The van der Waals surface area contributed by atoms with Gasteiger partial charge in [0.2, 0.25) is 0 Å². The summed E-state index contributed by atoms with van der Waals surface area (Å²) in [5.74, 6) is 0. The van der Waals surface area contributed by atoms with Crippen LogP contribution in [0.5, 0.6) is 0 Å². The van der Waals surface area contributed by atoms with E-state index in [0.29, 0.717) is 5.56 Å². The first-order valence-corrected chi connectivity index (χ1v) is 13.1. The number of rotatable bonds is 10. The number of hydrogen-bond donors (Lipinski definition) is 10. The molecule has 3 heterocycles. The average molecular weight is 595 g/mol. The van der Waals surface area contributed by atoms with Crippen molar-refractivity contribution in [1.29, 1.82) is 0 Å². The van der Waals surface area contributed by atoms with Crippen LogP contribution < -0.4 is 0 Å². The molecule has 0 amide bonds. The van der Waals surface area contributed by atoms with Crippen LogP contribution in [0.1, 0.15) is 5.56 Å². The predicted molar refractivity (Wildman–Crippen MR) is 130 cm³/mol. The van der Waals surface area contributed by atoms with Gasteiger partial charge in [-0.2, -0.15) is 0 Å². The minimum Gasteiger partial charge on any atom is -0.394 e. The molecule has 3 fully saturated rings. The van der Waals surface area contributed by atoms with E-state index < -0.39 is 112 Å². The van der Waals surface area contributed by atoms with Gasteiger partial charge < -0.3 is 79.5 Å². The summed E-state index contributed by atoms with van der Waals surface area (Å²) in [7, 11) is 0. The van der Waals surface area contributed by atoms with Crippen LogP contribution in [0.4, 0.5) is 0 Å². The first kappa shape index (κ1) is 32.5. The van der Waals surface area contributed by atoms with Gasteiger partial charge in [-0.3, -0.25) is 0 Å². The Balaban J connectivity index is 1.64. The molecule has 1 aromatic rings. The Kier molecular flexibility index (Phi) is 11.4. The summed E-state index contributed by atoms with van der Waals surface area (Å²) in [6.45, 7) is -2.30. The summed E-state index contributed by atoms with van der Waals surface area (Å²) in [6.07, 6.45) is -24.6. The van der Waals surface area contributed by atoms with Crippen LogP contribution in [-0.2, 0) is 35.0 Å².